The molecule has 0 saturated heterocycles. The highest BCUT2D eigenvalue weighted by molar-refractivity contribution is 5.87. The zero-order valence-electron chi connectivity index (χ0n) is 15.2. The second-order valence-electron chi connectivity index (χ2n) is 6.40. The lowest BCUT2D eigenvalue weighted by molar-refractivity contribution is -0.146. The fourth-order valence-electron chi connectivity index (χ4n) is 3.19. The number of para-hydroxylation sites is 1. The predicted molar refractivity (Wildman–Crippen MR) is 108 cm³/mol. The number of anilines is 1. The molecule has 3 aromatic carbocycles. The van der Waals surface area contributed by atoms with E-state index in [4.69, 9.17) is 10.5 Å². The summed E-state index contributed by atoms with van der Waals surface area (Å²) in [7, 11) is 0. The topological polar surface area (TPSA) is 78.1 Å². The van der Waals surface area contributed by atoms with Gasteiger partial charge < -0.3 is 10.5 Å². The predicted octanol–water partition coefficient (Wildman–Crippen LogP) is 4.09. The molecule has 0 spiro atoms. The maximum Gasteiger partial charge on any atom is 0.318 e. The van der Waals surface area contributed by atoms with E-state index in [1.165, 1.54) is 0 Å². The second kappa shape index (κ2) is 7.88. The lowest BCUT2D eigenvalue weighted by Crippen LogP contribution is -2.18. The van der Waals surface area contributed by atoms with Crippen molar-refractivity contribution >= 4 is 22.7 Å². The lowest BCUT2D eigenvalue weighted by Gasteiger charge is -2.17. The molecule has 0 unspecified atom stereocenters. The molecule has 0 amide bonds. The summed E-state index contributed by atoms with van der Waals surface area (Å²) in [6, 6.07) is 26.6. The third-order valence-electron chi connectivity index (χ3n) is 4.52. The van der Waals surface area contributed by atoms with E-state index in [1.54, 1.807) is 0 Å². The van der Waals surface area contributed by atoms with E-state index in [0.29, 0.717) is 11.6 Å². The van der Waals surface area contributed by atoms with Crippen molar-refractivity contribution in [1.29, 1.82) is 0 Å². The van der Waals surface area contributed by atoms with Crippen molar-refractivity contribution in [2.75, 3.05) is 5.73 Å². The molecule has 4 rings (SSSR count). The highest BCUT2D eigenvalue weighted by Gasteiger charge is 2.24. The summed E-state index contributed by atoms with van der Waals surface area (Å²) in [6.07, 6.45) is 0. The Morgan fingerprint density at radius 1 is 0.821 bits per heavy atom. The molecule has 0 fully saturated rings. The highest BCUT2D eigenvalue weighted by Crippen LogP contribution is 2.26. The molecule has 138 valence electrons. The maximum absolute atomic E-state index is 13.0. The third kappa shape index (κ3) is 3.69. The number of rotatable bonds is 5. The third-order valence-corrected chi connectivity index (χ3v) is 4.52. The van der Waals surface area contributed by atoms with Crippen LogP contribution in [0.4, 0.5) is 5.82 Å². The average Bonchev–Trinajstić information content (AvgIpc) is 2.74. The molecule has 0 atom stereocenters. The number of nitrogen functional groups attached to an aromatic ring is 1. The smallest absolute Gasteiger partial charge is 0.318 e. The van der Waals surface area contributed by atoms with Gasteiger partial charge in [-0.05, 0) is 23.3 Å². The van der Waals surface area contributed by atoms with Gasteiger partial charge in [-0.15, -0.1) is 0 Å². The molecule has 0 radical (unpaired) electrons. The number of hydrogen-bond donors (Lipinski definition) is 1. The Bertz CT molecular complexity index is 1060. The SMILES string of the molecule is Nc1nc(COC(=O)C(c2ccccc2)c2ccccc2)nc2ccccc12. The van der Waals surface area contributed by atoms with Crippen LogP contribution in [-0.4, -0.2) is 15.9 Å². The van der Waals surface area contributed by atoms with E-state index in [1.807, 2.05) is 84.9 Å². The van der Waals surface area contributed by atoms with Crippen molar-refractivity contribution < 1.29 is 9.53 Å². The molecule has 5 nitrogen and oxygen atoms in total. The number of benzene rings is 3. The minimum Gasteiger partial charge on any atom is -0.457 e. The van der Waals surface area contributed by atoms with Crippen LogP contribution in [0.1, 0.15) is 22.9 Å². The van der Waals surface area contributed by atoms with Gasteiger partial charge in [0.2, 0.25) is 0 Å². The van der Waals surface area contributed by atoms with Crippen LogP contribution < -0.4 is 5.73 Å². The van der Waals surface area contributed by atoms with Crippen molar-refractivity contribution in [2.24, 2.45) is 0 Å². The van der Waals surface area contributed by atoms with Crippen LogP contribution in [0.2, 0.25) is 0 Å². The quantitative estimate of drug-likeness (QED) is 0.536. The number of carbonyl (C=O) groups excluding carboxylic acids is 1. The van der Waals surface area contributed by atoms with Crippen LogP contribution in [-0.2, 0) is 16.1 Å². The number of hydrogen-bond acceptors (Lipinski definition) is 5. The van der Waals surface area contributed by atoms with E-state index in [0.717, 1.165) is 22.0 Å². The summed E-state index contributed by atoms with van der Waals surface area (Å²) in [5, 5.41) is 0.782. The van der Waals surface area contributed by atoms with E-state index in [-0.39, 0.29) is 12.6 Å². The van der Waals surface area contributed by atoms with Crippen LogP contribution in [0.5, 0.6) is 0 Å². The number of fused-ring (bicyclic) bond motifs is 1. The molecule has 0 aliphatic heterocycles. The van der Waals surface area contributed by atoms with Gasteiger partial charge in [0.1, 0.15) is 11.7 Å². The first-order chi connectivity index (χ1) is 13.7. The van der Waals surface area contributed by atoms with Gasteiger partial charge in [0.25, 0.3) is 0 Å². The monoisotopic (exact) mass is 369 g/mol. The summed E-state index contributed by atoms with van der Waals surface area (Å²) >= 11 is 0. The fourth-order valence-corrected chi connectivity index (χ4v) is 3.19. The van der Waals surface area contributed by atoms with Gasteiger partial charge in [0, 0.05) is 5.39 Å². The second-order valence-corrected chi connectivity index (χ2v) is 6.40. The number of aromatic nitrogens is 2. The van der Waals surface area contributed by atoms with Crippen molar-refractivity contribution in [3.63, 3.8) is 0 Å². The Labute approximate surface area is 162 Å². The van der Waals surface area contributed by atoms with Crippen LogP contribution in [0.3, 0.4) is 0 Å². The molecule has 0 aliphatic carbocycles. The summed E-state index contributed by atoms with van der Waals surface area (Å²) in [4.78, 5) is 21.7. The van der Waals surface area contributed by atoms with Crippen molar-refractivity contribution in [3.8, 4) is 0 Å². The standard InChI is InChI=1S/C23H19N3O2/c24-22-18-13-7-8-14-19(18)25-20(26-22)15-28-23(27)21(16-9-3-1-4-10-16)17-11-5-2-6-12-17/h1-14,21H,15H2,(H2,24,25,26). The van der Waals surface area contributed by atoms with Crippen molar-refractivity contribution in [3.05, 3.63) is 102 Å². The summed E-state index contributed by atoms with van der Waals surface area (Å²) < 4.78 is 5.58. The van der Waals surface area contributed by atoms with Gasteiger partial charge in [-0.3, -0.25) is 4.79 Å². The Kier molecular flexibility index (Phi) is 4.97. The minimum absolute atomic E-state index is 0.0377. The molecule has 5 heteroatoms. The molecular weight excluding hydrogens is 350 g/mol. The molecule has 28 heavy (non-hydrogen) atoms. The number of esters is 1. The highest BCUT2D eigenvalue weighted by atomic mass is 16.5. The normalized spacial score (nSPS) is 10.9. The van der Waals surface area contributed by atoms with Crippen LogP contribution in [0.25, 0.3) is 10.9 Å². The lowest BCUT2D eigenvalue weighted by atomic mass is 9.91. The molecule has 2 N–H and O–H groups in total. The first kappa shape index (κ1) is 17.7. The molecule has 0 aliphatic rings. The van der Waals surface area contributed by atoms with E-state index in [9.17, 15) is 4.79 Å². The van der Waals surface area contributed by atoms with Gasteiger partial charge in [0.05, 0.1) is 5.52 Å². The first-order valence-corrected chi connectivity index (χ1v) is 9.00. The van der Waals surface area contributed by atoms with Crippen LogP contribution >= 0.6 is 0 Å². The van der Waals surface area contributed by atoms with Gasteiger partial charge in [-0.2, -0.15) is 0 Å². The van der Waals surface area contributed by atoms with Crippen LogP contribution in [0, 0.1) is 0 Å². The van der Waals surface area contributed by atoms with Gasteiger partial charge >= 0.3 is 5.97 Å². The molecular formula is C23H19N3O2. The Hall–Kier alpha value is -3.73. The largest absolute Gasteiger partial charge is 0.457 e. The molecule has 1 aromatic heterocycles. The zero-order valence-corrected chi connectivity index (χ0v) is 15.2. The van der Waals surface area contributed by atoms with E-state index >= 15 is 0 Å². The maximum atomic E-state index is 13.0. The zero-order chi connectivity index (χ0) is 19.3. The number of ether oxygens (including phenoxy) is 1. The fraction of sp³-hybridized carbons (Fsp3) is 0.0870. The van der Waals surface area contributed by atoms with Gasteiger partial charge in [-0.25, -0.2) is 9.97 Å². The van der Waals surface area contributed by atoms with Crippen molar-refractivity contribution in [1.82, 2.24) is 9.97 Å². The Balaban J connectivity index is 1.59. The molecule has 1 heterocycles. The first-order valence-electron chi connectivity index (χ1n) is 9.00. The molecule has 0 saturated carbocycles. The van der Waals surface area contributed by atoms with E-state index in [2.05, 4.69) is 9.97 Å². The number of carbonyl (C=O) groups is 1. The summed E-state index contributed by atoms with van der Waals surface area (Å²) in [5.74, 6) is -0.114. The number of nitrogens with two attached hydrogens (primary N) is 1. The number of nitrogens with zero attached hydrogens (tertiary/aromatic N) is 2. The Morgan fingerprint density at radius 2 is 1.39 bits per heavy atom. The Morgan fingerprint density at radius 3 is 2.04 bits per heavy atom. The summed E-state index contributed by atoms with van der Waals surface area (Å²) in [6.45, 7) is -0.0377. The molecule has 0 bridgehead atoms. The average molecular weight is 369 g/mol. The van der Waals surface area contributed by atoms with Crippen LogP contribution in [0.15, 0.2) is 84.9 Å². The van der Waals surface area contributed by atoms with Gasteiger partial charge in [0.15, 0.2) is 12.4 Å². The molecule has 4 aromatic rings. The summed E-state index contributed by atoms with van der Waals surface area (Å²) in [5.41, 5.74) is 8.49. The minimum atomic E-state index is -0.514. The van der Waals surface area contributed by atoms with Crippen molar-refractivity contribution in [2.45, 2.75) is 12.5 Å². The van der Waals surface area contributed by atoms with Gasteiger partial charge in [-0.1, -0.05) is 72.8 Å². The van der Waals surface area contributed by atoms with E-state index < -0.39 is 5.92 Å².